The molecule has 2 aliphatic heterocycles. The van der Waals surface area contributed by atoms with Crippen molar-refractivity contribution in [2.24, 2.45) is 0 Å². The van der Waals surface area contributed by atoms with E-state index in [4.69, 9.17) is 0 Å². The van der Waals surface area contributed by atoms with Gasteiger partial charge < -0.3 is 0 Å². The van der Waals surface area contributed by atoms with Crippen LogP contribution in [0.15, 0.2) is 32.9 Å². The zero-order chi connectivity index (χ0) is 8.77. The topological polar surface area (TPSA) is 17.1 Å². The van der Waals surface area contributed by atoms with E-state index in [0.29, 0.717) is 0 Å². The number of hydrogen-bond donors (Lipinski definition) is 0. The van der Waals surface area contributed by atoms with E-state index < -0.39 is 10.0 Å². The smallest absolute Gasteiger partial charge is 0.147 e. The van der Waals surface area contributed by atoms with E-state index in [0.717, 1.165) is 18.3 Å². The fourth-order valence-corrected chi connectivity index (χ4v) is 4.40. The van der Waals surface area contributed by atoms with E-state index in [1.807, 2.05) is 0 Å². The number of carbonyl (C=O) groups is 1. The van der Waals surface area contributed by atoms with Gasteiger partial charge in [0.05, 0.1) is 0 Å². The van der Waals surface area contributed by atoms with Crippen molar-refractivity contribution in [3.8, 4) is 0 Å². The summed E-state index contributed by atoms with van der Waals surface area (Å²) < 4.78 is 0. The van der Waals surface area contributed by atoms with Gasteiger partial charge in [-0.25, -0.2) is 0 Å². The summed E-state index contributed by atoms with van der Waals surface area (Å²) in [5.41, 5.74) is 1.00. The van der Waals surface area contributed by atoms with E-state index in [1.165, 1.54) is 9.81 Å². The molecule has 2 heterocycles. The van der Waals surface area contributed by atoms with Gasteiger partial charge in [0, 0.05) is 12.0 Å². The Labute approximate surface area is 74.2 Å². The summed E-state index contributed by atoms with van der Waals surface area (Å²) in [7, 11) is -0.820. The molecule has 2 aliphatic rings. The highest BCUT2D eigenvalue weighted by atomic mass is 32.3. The first-order chi connectivity index (χ1) is 5.68. The van der Waals surface area contributed by atoms with Gasteiger partial charge in [-0.3, -0.25) is 4.79 Å². The standard InChI is InChI=1S/C10H12OS/c1-8-9(7-11)6-10-4-3-5-12(8,10)2/h3-5,7H,6H2,1-2H3. The third-order valence-corrected chi connectivity index (χ3v) is 6.38. The van der Waals surface area contributed by atoms with Crippen molar-refractivity contribution >= 4 is 16.3 Å². The minimum absolute atomic E-state index is 0.820. The maximum Gasteiger partial charge on any atom is 0.147 e. The molecule has 1 unspecified atom stereocenters. The molecule has 0 aromatic heterocycles. The Bertz CT molecular complexity index is 336. The average Bonchev–Trinajstić information content (AvgIpc) is 2.51. The molecule has 0 saturated carbocycles. The molecule has 0 aromatic carbocycles. The van der Waals surface area contributed by atoms with E-state index >= 15 is 0 Å². The lowest BCUT2D eigenvalue weighted by molar-refractivity contribution is -0.105. The maximum atomic E-state index is 10.7. The van der Waals surface area contributed by atoms with Crippen LogP contribution in [0, 0.1) is 0 Å². The molecule has 1 atom stereocenters. The van der Waals surface area contributed by atoms with Gasteiger partial charge in [0.2, 0.25) is 0 Å². The molecular formula is C10H12OS. The highest BCUT2D eigenvalue weighted by Gasteiger charge is 2.33. The summed E-state index contributed by atoms with van der Waals surface area (Å²) in [6.07, 6.45) is 8.44. The average molecular weight is 180 g/mol. The number of fused-ring (bicyclic) bond motifs is 1. The van der Waals surface area contributed by atoms with Crippen LogP contribution in [-0.2, 0) is 4.79 Å². The first-order valence-electron chi connectivity index (χ1n) is 3.99. The Morgan fingerprint density at radius 2 is 2.33 bits per heavy atom. The van der Waals surface area contributed by atoms with Crippen LogP contribution in [0.2, 0.25) is 0 Å². The fourth-order valence-electron chi connectivity index (χ4n) is 1.75. The Morgan fingerprint density at radius 1 is 1.58 bits per heavy atom. The highest BCUT2D eigenvalue weighted by Crippen LogP contribution is 2.69. The van der Waals surface area contributed by atoms with Gasteiger partial charge in [-0.15, -0.1) is 0 Å². The molecule has 0 spiro atoms. The van der Waals surface area contributed by atoms with Crippen molar-refractivity contribution < 1.29 is 4.79 Å². The normalized spacial score (nSPS) is 37.7. The maximum absolute atomic E-state index is 10.7. The van der Waals surface area contributed by atoms with Crippen molar-refractivity contribution in [2.75, 3.05) is 6.26 Å². The van der Waals surface area contributed by atoms with Gasteiger partial charge in [-0.1, -0.05) is 12.2 Å². The minimum Gasteiger partial charge on any atom is -0.298 e. The van der Waals surface area contributed by atoms with E-state index in [9.17, 15) is 4.79 Å². The number of allylic oxidation sites excluding steroid dienone is 5. The molecule has 2 heteroatoms. The third kappa shape index (κ3) is 0.787. The molecule has 0 aromatic rings. The minimum atomic E-state index is -0.820. The molecule has 0 bridgehead atoms. The Hall–Kier alpha value is -0.760. The zero-order valence-electron chi connectivity index (χ0n) is 7.33. The summed E-state index contributed by atoms with van der Waals surface area (Å²) >= 11 is 0. The lowest BCUT2D eigenvalue weighted by Crippen LogP contribution is -1.88. The van der Waals surface area contributed by atoms with Crippen LogP contribution < -0.4 is 0 Å². The second-order valence-electron chi connectivity index (χ2n) is 3.32. The van der Waals surface area contributed by atoms with Gasteiger partial charge in [0.25, 0.3) is 0 Å². The van der Waals surface area contributed by atoms with Crippen LogP contribution in [0.1, 0.15) is 13.3 Å². The van der Waals surface area contributed by atoms with Gasteiger partial charge >= 0.3 is 0 Å². The van der Waals surface area contributed by atoms with Crippen LogP contribution in [-0.4, -0.2) is 12.5 Å². The monoisotopic (exact) mass is 180 g/mol. The summed E-state index contributed by atoms with van der Waals surface area (Å²) in [6.45, 7) is 2.09. The van der Waals surface area contributed by atoms with Gasteiger partial charge in [0.1, 0.15) is 6.29 Å². The summed E-state index contributed by atoms with van der Waals surface area (Å²) in [5, 5.41) is 2.26. The highest BCUT2D eigenvalue weighted by molar-refractivity contribution is 8.41. The largest absolute Gasteiger partial charge is 0.298 e. The lowest BCUT2D eigenvalue weighted by atomic mass is 10.2. The fraction of sp³-hybridized carbons (Fsp3) is 0.300. The molecule has 2 rings (SSSR count). The Balaban J connectivity index is 2.53. The van der Waals surface area contributed by atoms with Gasteiger partial charge in [-0.05, 0) is 28.4 Å². The van der Waals surface area contributed by atoms with Crippen LogP contribution in [0.25, 0.3) is 0 Å². The van der Waals surface area contributed by atoms with Crippen molar-refractivity contribution in [1.29, 1.82) is 0 Å². The van der Waals surface area contributed by atoms with Crippen LogP contribution >= 0.6 is 10.0 Å². The molecule has 0 amide bonds. The number of carbonyl (C=O) groups excluding carboxylic acids is 1. The van der Waals surface area contributed by atoms with Crippen LogP contribution in [0.3, 0.4) is 0 Å². The predicted molar refractivity (Wildman–Crippen MR) is 54.1 cm³/mol. The summed E-state index contributed by atoms with van der Waals surface area (Å²) in [5.74, 6) is 0. The molecular weight excluding hydrogens is 168 g/mol. The molecule has 64 valence electrons. The molecule has 0 N–H and O–H groups in total. The van der Waals surface area contributed by atoms with Crippen molar-refractivity contribution in [1.82, 2.24) is 0 Å². The predicted octanol–water partition coefficient (Wildman–Crippen LogP) is 2.71. The van der Waals surface area contributed by atoms with Crippen molar-refractivity contribution in [3.63, 3.8) is 0 Å². The van der Waals surface area contributed by atoms with E-state index in [1.54, 1.807) is 0 Å². The van der Waals surface area contributed by atoms with Crippen LogP contribution in [0.5, 0.6) is 0 Å². The van der Waals surface area contributed by atoms with Gasteiger partial charge in [-0.2, -0.15) is 10.0 Å². The first kappa shape index (κ1) is 7.87. The molecule has 0 saturated heterocycles. The number of aldehydes is 1. The quantitative estimate of drug-likeness (QED) is 0.567. The second-order valence-corrected chi connectivity index (χ2v) is 6.69. The molecule has 0 aliphatic carbocycles. The SMILES string of the molecule is CC1=C(C=O)CC2=CC=CS21C. The Kier molecular flexibility index (Phi) is 1.55. The van der Waals surface area contributed by atoms with E-state index in [-0.39, 0.29) is 0 Å². The van der Waals surface area contributed by atoms with Crippen molar-refractivity contribution in [2.45, 2.75) is 13.3 Å². The molecule has 0 fully saturated rings. The molecule has 12 heavy (non-hydrogen) atoms. The molecule has 1 nitrogen and oxygen atoms in total. The summed E-state index contributed by atoms with van der Waals surface area (Å²) in [6, 6.07) is 0. The second kappa shape index (κ2) is 2.36. The number of hydrogen-bond acceptors (Lipinski definition) is 1. The van der Waals surface area contributed by atoms with Crippen LogP contribution in [0.4, 0.5) is 0 Å². The number of rotatable bonds is 1. The molecule has 0 radical (unpaired) electrons. The Morgan fingerprint density at radius 3 is 2.92 bits per heavy atom. The first-order valence-corrected chi connectivity index (χ1v) is 6.09. The summed E-state index contributed by atoms with van der Waals surface area (Å²) in [4.78, 5) is 13.4. The zero-order valence-corrected chi connectivity index (χ0v) is 8.15. The van der Waals surface area contributed by atoms with Gasteiger partial charge in [0.15, 0.2) is 0 Å². The van der Waals surface area contributed by atoms with E-state index in [2.05, 4.69) is 30.7 Å². The lowest BCUT2D eigenvalue weighted by Gasteiger charge is -2.27. The van der Waals surface area contributed by atoms with Crippen molar-refractivity contribution in [3.05, 3.63) is 32.9 Å². The third-order valence-electron chi connectivity index (χ3n) is 2.77.